The molecule has 4 nitrogen and oxygen atoms in total. The molecule has 0 spiro atoms. The van der Waals surface area contributed by atoms with Gasteiger partial charge in [0.1, 0.15) is 0 Å². The minimum atomic E-state index is 0.0424. The summed E-state index contributed by atoms with van der Waals surface area (Å²) in [5, 5.41) is 8.33. The molecule has 1 aliphatic heterocycles. The third-order valence-electron chi connectivity index (χ3n) is 4.35. The Kier molecular flexibility index (Phi) is 4.12. The van der Waals surface area contributed by atoms with E-state index in [0.29, 0.717) is 0 Å². The second-order valence-corrected chi connectivity index (χ2v) is 7.36. The lowest BCUT2D eigenvalue weighted by molar-refractivity contribution is 0.305. The fourth-order valence-corrected chi connectivity index (χ4v) is 4.15. The van der Waals surface area contributed by atoms with Crippen LogP contribution < -0.4 is 5.32 Å². The van der Waals surface area contributed by atoms with Gasteiger partial charge in [-0.2, -0.15) is 16.7 Å². The summed E-state index contributed by atoms with van der Waals surface area (Å²) < 4.78 is 5.48. The van der Waals surface area contributed by atoms with Crippen molar-refractivity contribution in [1.82, 2.24) is 15.5 Å². The zero-order valence-corrected chi connectivity index (χ0v) is 12.5. The Labute approximate surface area is 119 Å². The van der Waals surface area contributed by atoms with Crippen LogP contribution in [0.4, 0.5) is 0 Å². The van der Waals surface area contributed by atoms with Crippen molar-refractivity contribution in [3.63, 3.8) is 0 Å². The van der Waals surface area contributed by atoms with Crippen LogP contribution in [-0.2, 0) is 11.2 Å². The van der Waals surface area contributed by atoms with Crippen LogP contribution in [0, 0.1) is 0 Å². The van der Waals surface area contributed by atoms with Gasteiger partial charge in [-0.25, -0.2) is 0 Å². The Bertz CT molecular complexity index is 409. The lowest BCUT2D eigenvalue weighted by Gasteiger charge is -2.20. The molecular weight excluding hydrogens is 258 g/mol. The quantitative estimate of drug-likeness (QED) is 0.919. The van der Waals surface area contributed by atoms with Gasteiger partial charge in [-0.3, -0.25) is 0 Å². The van der Waals surface area contributed by atoms with E-state index in [0.717, 1.165) is 42.2 Å². The standard InChI is InChI=1S/C14H23N3OS/c1-14(7-8-15-10-14)13-16-12(17-18-13)9-19-11-5-3-2-4-6-11/h11,15H,2-10H2,1H3. The highest BCUT2D eigenvalue weighted by Crippen LogP contribution is 2.32. The minimum Gasteiger partial charge on any atom is -0.339 e. The molecule has 3 rings (SSSR count). The van der Waals surface area contributed by atoms with Crippen LogP contribution in [0.3, 0.4) is 0 Å². The fourth-order valence-electron chi connectivity index (χ4n) is 2.98. The average molecular weight is 281 g/mol. The number of rotatable bonds is 4. The van der Waals surface area contributed by atoms with Gasteiger partial charge in [-0.1, -0.05) is 24.4 Å². The summed E-state index contributed by atoms with van der Waals surface area (Å²) in [5.41, 5.74) is 0.0424. The molecule has 2 aliphatic rings. The van der Waals surface area contributed by atoms with Crippen LogP contribution in [-0.4, -0.2) is 28.5 Å². The van der Waals surface area contributed by atoms with Crippen LogP contribution in [0.2, 0.25) is 0 Å². The van der Waals surface area contributed by atoms with E-state index < -0.39 is 0 Å². The number of hydrogen-bond acceptors (Lipinski definition) is 5. The van der Waals surface area contributed by atoms with Crippen molar-refractivity contribution in [1.29, 1.82) is 0 Å². The second-order valence-electron chi connectivity index (χ2n) is 6.07. The SMILES string of the molecule is CC1(c2nc(CSC3CCCCC3)no2)CCNC1. The molecule has 1 saturated carbocycles. The number of nitrogens with zero attached hydrogens (tertiary/aromatic N) is 2. The normalized spacial score (nSPS) is 28.9. The molecule has 0 bridgehead atoms. The Hall–Kier alpha value is -0.550. The Morgan fingerprint density at radius 2 is 2.21 bits per heavy atom. The fraction of sp³-hybridized carbons (Fsp3) is 0.857. The van der Waals surface area contributed by atoms with Gasteiger partial charge in [0.2, 0.25) is 5.89 Å². The molecule has 2 heterocycles. The summed E-state index contributed by atoms with van der Waals surface area (Å²) in [4.78, 5) is 4.61. The van der Waals surface area contributed by atoms with E-state index in [-0.39, 0.29) is 5.41 Å². The summed E-state index contributed by atoms with van der Waals surface area (Å²) in [5.74, 6) is 2.59. The monoisotopic (exact) mass is 281 g/mol. The lowest BCUT2D eigenvalue weighted by atomic mass is 9.90. The molecule has 106 valence electrons. The molecular formula is C14H23N3OS. The first-order valence-electron chi connectivity index (χ1n) is 7.42. The van der Waals surface area contributed by atoms with Gasteiger partial charge in [-0.15, -0.1) is 0 Å². The van der Waals surface area contributed by atoms with Crippen LogP contribution in [0.15, 0.2) is 4.52 Å². The maximum Gasteiger partial charge on any atom is 0.233 e. The molecule has 1 aromatic rings. The summed E-state index contributed by atoms with van der Waals surface area (Å²) in [6.45, 7) is 4.20. The topological polar surface area (TPSA) is 51.0 Å². The third-order valence-corrected chi connectivity index (χ3v) is 5.72. The molecule has 19 heavy (non-hydrogen) atoms. The highest BCUT2D eigenvalue weighted by molar-refractivity contribution is 7.99. The summed E-state index contributed by atoms with van der Waals surface area (Å²) in [6, 6.07) is 0. The molecule has 1 atom stereocenters. The summed E-state index contributed by atoms with van der Waals surface area (Å²) in [6.07, 6.45) is 7.99. The van der Waals surface area contributed by atoms with E-state index in [9.17, 15) is 0 Å². The minimum absolute atomic E-state index is 0.0424. The van der Waals surface area contributed by atoms with Crippen molar-refractivity contribution in [2.24, 2.45) is 0 Å². The zero-order valence-electron chi connectivity index (χ0n) is 11.7. The van der Waals surface area contributed by atoms with E-state index in [4.69, 9.17) is 4.52 Å². The Morgan fingerprint density at radius 3 is 2.95 bits per heavy atom. The Balaban J connectivity index is 1.55. The van der Waals surface area contributed by atoms with E-state index in [1.165, 1.54) is 32.1 Å². The molecule has 1 aromatic heterocycles. The Morgan fingerprint density at radius 1 is 1.37 bits per heavy atom. The number of nitrogens with one attached hydrogen (secondary N) is 1. The van der Waals surface area contributed by atoms with E-state index in [2.05, 4.69) is 22.4 Å². The van der Waals surface area contributed by atoms with Gasteiger partial charge in [0, 0.05) is 11.8 Å². The number of aromatic nitrogens is 2. The maximum atomic E-state index is 5.48. The van der Waals surface area contributed by atoms with Crippen molar-refractivity contribution in [2.75, 3.05) is 13.1 Å². The molecule has 0 aromatic carbocycles. The third kappa shape index (κ3) is 3.14. The first kappa shape index (κ1) is 13.4. The molecule has 1 aliphatic carbocycles. The van der Waals surface area contributed by atoms with E-state index in [1.807, 2.05) is 11.8 Å². The second kappa shape index (κ2) is 5.83. The van der Waals surface area contributed by atoms with Crippen LogP contribution >= 0.6 is 11.8 Å². The largest absolute Gasteiger partial charge is 0.339 e. The van der Waals surface area contributed by atoms with Crippen molar-refractivity contribution < 1.29 is 4.52 Å². The summed E-state index contributed by atoms with van der Waals surface area (Å²) >= 11 is 2.00. The van der Waals surface area contributed by atoms with Gasteiger partial charge >= 0.3 is 0 Å². The van der Waals surface area contributed by atoms with Gasteiger partial charge in [-0.05, 0) is 32.7 Å². The lowest BCUT2D eigenvalue weighted by Crippen LogP contribution is -2.25. The van der Waals surface area contributed by atoms with E-state index >= 15 is 0 Å². The highest BCUT2D eigenvalue weighted by atomic mass is 32.2. The van der Waals surface area contributed by atoms with Gasteiger partial charge < -0.3 is 9.84 Å². The zero-order chi connectivity index (χ0) is 13.1. The first-order chi connectivity index (χ1) is 9.26. The predicted molar refractivity (Wildman–Crippen MR) is 77.3 cm³/mol. The molecule has 1 N–H and O–H groups in total. The molecule has 0 radical (unpaired) electrons. The van der Waals surface area contributed by atoms with Gasteiger partial charge in [0.15, 0.2) is 5.82 Å². The van der Waals surface area contributed by atoms with Crippen LogP contribution in [0.1, 0.15) is 57.2 Å². The van der Waals surface area contributed by atoms with Crippen molar-refractivity contribution >= 4 is 11.8 Å². The molecule has 0 amide bonds. The average Bonchev–Trinajstić information content (AvgIpc) is 3.07. The molecule has 1 saturated heterocycles. The van der Waals surface area contributed by atoms with Crippen LogP contribution in [0.5, 0.6) is 0 Å². The highest BCUT2D eigenvalue weighted by Gasteiger charge is 2.36. The van der Waals surface area contributed by atoms with Crippen LogP contribution in [0.25, 0.3) is 0 Å². The van der Waals surface area contributed by atoms with E-state index in [1.54, 1.807) is 0 Å². The van der Waals surface area contributed by atoms with Crippen molar-refractivity contribution in [2.45, 2.75) is 61.9 Å². The predicted octanol–water partition coefficient (Wildman–Crippen LogP) is 2.89. The summed E-state index contributed by atoms with van der Waals surface area (Å²) in [7, 11) is 0. The number of hydrogen-bond donors (Lipinski definition) is 1. The number of thioether (sulfide) groups is 1. The smallest absolute Gasteiger partial charge is 0.233 e. The molecule has 5 heteroatoms. The molecule has 1 unspecified atom stereocenters. The van der Waals surface area contributed by atoms with Gasteiger partial charge in [0.05, 0.1) is 11.2 Å². The maximum absolute atomic E-state index is 5.48. The molecule has 2 fully saturated rings. The first-order valence-corrected chi connectivity index (χ1v) is 8.46. The van der Waals surface area contributed by atoms with Crippen molar-refractivity contribution in [3.8, 4) is 0 Å². The van der Waals surface area contributed by atoms with Crippen molar-refractivity contribution in [3.05, 3.63) is 11.7 Å². The van der Waals surface area contributed by atoms with Gasteiger partial charge in [0.25, 0.3) is 0 Å².